The van der Waals surface area contributed by atoms with Crippen molar-refractivity contribution in [2.24, 2.45) is 0 Å². The predicted octanol–water partition coefficient (Wildman–Crippen LogP) is 4.65. The molecular weight excluding hydrogens is 424 g/mol. The molecule has 1 N–H and O–H groups in total. The van der Waals surface area contributed by atoms with Crippen LogP contribution in [0.3, 0.4) is 0 Å². The van der Waals surface area contributed by atoms with Crippen LogP contribution in [-0.4, -0.2) is 33.3 Å². The lowest BCUT2D eigenvalue weighted by Crippen LogP contribution is -2.34. The number of hydrogen-bond donors (Lipinski definition) is 1. The highest BCUT2D eigenvalue weighted by atomic mass is 16.5. The van der Waals surface area contributed by atoms with Gasteiger partial charge in [0.1, 0.15) is 11.9 Å². The number of carbonyl (C=O) groups is 1. The molecule has 2 aromatic carbocycles. The van der Waals surface area contributed by atoms with Gasteiger partial charge in [0.25, 0.3) is 5.91 Å². The topological polar surface area (TPSA) is 69.0 Å². The van der Waals surface area contributed by atoms with E-state index >= 15 is 0 Å². The monoisotopic (exact) mass is 452 g/mol. The molecule has 1 aliphatic rings. The van der Waals surface area contributed by atoms with E-state index < -0.39 is 0 Å². The number of hydrogen-bond acceptors (Lipinski definition) is 4. The molecule has 0 aliphatic carbocycles. The van der Waals surface area contributed by atoms with Crippen LogP contribution >= 0.6 is 0 Å². The summed E-state index contributed by atoms with van der Waals surface area (Å²) in [4.78, 5) is 17.2. The van der Waals surface area contributed by atoms with Gasteiger partial charge in [-0.25, -0.2) is 0 Å². The fourth-order valence-corrected chi connectivity index (χ4v) is 4.45. The van der Waals surface area contributed by atoms with Crippen LogP contribution in [0.2, 0.25) is 0 Å². The molecule has 1 atom stereocenters. The first-order valence-electron chi connectivity index (χ1n) is 11.6. The molecule has 6 nitrogen and oxygen atoms in total. The van der Waals surface area contributed by atoms with Gasteiger partial charge in [0, 0.05) is 29.4 Å². The largest absolute Gasteiger partial charge is 0.488 e. The predicted molar refractivity (Wildman–Crippen MR) is 132 cm³/mol. The van der Waals surface area contributed by atoms with Crippen molar-refractivity contribution in [1.82, 2.24) is 20.1 Å². The Morgan fingerprint density at radius 1 is 1.09 bits per heavy atom. The van der Waals surface area contributed by atoms with Crippen molar-refractivity contribution in [3.05, 3.63) is 101 Å². The number of pyridine rings is 1. The number of benzene rings is 2. The Hall–Kier alpha value is -3.93. The van der Waals surface area contributed by atoms with Gasteiger partial charge in [-0.2, -0.15) is 5.10 Å². The molecule has 0 spiro atoms. The Kier molecular flexibility index (Phi) is 5.88. The van der Waals surface area contributed by atoms with E-state index in [-0.39, 0.29) is 12.0 Å². The Morgan fingerprint density at radius 3 is 2.65 bits per heavy atom. The molecule has 0 saturated heterocycles. The van der Waals surface area contributed by atoms with E-state index in [9.17, 15) is 4.79 Å². The van der Waals surface area contributed by atoms with E-state index in [0.717, 1.165) is 51.5 Å². The molecule has 4 aromatic rings. The number of aryl methyl sites for hydroxylation is 3. The molecule has 0 fully saturated rings. The van der Waals surface area contributed by atoms with Gasteiger partial charge in [0.15, 0.2) is 0 Å². The van der Waals surface area contributed by atoms with Crippen molar-refractivity contribution in [3.8, 4) is 17.0 Å². The van der Waals surface area contributed by atoms with Crippen LogP contribution in [-0.2, 0) is 13.0 Å². The number of nitrogens with one attached hydrogen (secondary N) is 1. The van der Waals surface area contributed by atoms with Gasteiger partial charge in [-0.3, -0.25) is 14.5 Å². The lowest BCUT2D eigenvalue weighted by atomic mass is 10.0. The number of aromatic nitrogens is 3. The lowest BCUT2D eigenvalue weighted by Gasteiger charge is -2.12. The minimum absolute atomic E-state index is 0.0793. The summed E-state index contributed by atoms with van der Waals surface area (Å²) < 4.78 is 8.04. The van der Waals surface area contributed by atoms with E-state index in [0.29, 0.717) is 18.7 Å². The van der Waals surface area contributed by atoms with Crippen LogP contribution in [0.15, 0.2) is 66.9 Å². The minimum atomic E-state index is -0.0954. The fraction of sp³-hybridized carbons (Fsp3) is 0.250. The third-order valence-electron chi connectivity index (χ3n) is 6.23. The van der Waals surface area contributed by atoms with Crippen molar-refractivity contribution >= 4 is 5.91 Å². The highest BCUT2D eigenvalue weighted by Crippen LogP contribution is 2.33. The zero-order valence-electron chi connectivity index (χ0n) is 19.7. The number of nitrogens with zero attached hydrogens (tertiary/aromatic N) is 3. The van der Waals surface area contributed by atoms with E-state index in [1.165, 1.54) is 0 Å². The first-order chi connectivity index (χ1) is 16.5. The lowest BCUT2D eigenvalue weighted by molar-refractivity contribution is 0.0933. The molecule has 34 heavy (non-hydrogen) atoms. The van der Waals surface area contributed by atoms with Crippen molar-refractivity contribution in [2.75, 3.05) is 6.54 Å². The van der Waals surface area contributed by atoms with Crippen LogP contribution < -0.4 is 10.1 Å². The van der Waals surface area contributed by atoms with Crippen molar-refractivity contribution in [1.29, 1.82) is 0 Å². The summed E-state index contributed by atoms with van der Waals surface area (Å²) in [5.41, 5.74) is 8.25. The van der Waals surface area contributed by atoms with Crippen LogP contribution in [0.25, 0.3) is 11.3 Å². The zero-order chi connectivity index (χ0) is 23.7. The molecule has 1 amide bonds. The number of ether oxygens (including phenoxy) is 1. The second-order valence-electron chi connectivity index (χ2n) is 8.93. The third kappa shape index (κ3) is 4.57. The molecule has 172 valence electrons. The third-order valence-corrected chi connectivity index (χ3v) is 6.23. The van der Waals surface area contributed by atoms with Gasteiger partial charge in [0.05, 0.1) is 24.5 Å². The maximum atomic E-state index is 12.7. The normalized spacial score (nSPS) is 14.5. The summed E-state index contributed by atoms with van der Waals surface area (Å²) in [6.07, 6.45) is 2.50. The Labute approximate surface area is 199 Å². The molecule has 2 aromatic heterocycles. The van der Waals surface area contributed by atoms with Gasteiger partial charge < -0.3 is 10.1 Å². The maximum absolute atomic E-state index is 12.7. The first-order valence-corrected chi connectivity index (χ1v) is 11.6. The summed E-state index contributed by atoms with van der Waals surface area (Å²) in [5.74, 6) is 0.784. The van der Waals surface area contributed by atoms with Crippen molar-refractivity contribution in [2.45, 2.75) is 39.8 Å². The van der Waals surface area contributed by atoms with Crippen LogP contribution in [0, 0.1) is 20.8 Å². The smallest absolute Gasteiger partial charge is 0.251 e. The SMILES string of the molecule is Cc1cc(C)n(Cc2ccc(C(=O)NC[C@H]3Cc4cc(-c5ncccc5C)ccc4O3)cc2)n1. The van der Waals surface area contributed by atoms with Crippen molar-refractivity contribution in [3.63, 3.8) is 0 Å². The summed E-state index contributed by atoms with van der Waals surface area (Å²) >= 11 is 0. The maximum Gasteiger partial charge on any atom is 0.251 e. The molecular formula is C28H28N4O2. The second kappa shape index (κ2) is 9.14. The highest BCUT2D eigenvalue weighted by molar-refractivity contribution is 5.94. The number of carbonyl (C=O) groups excluding carboxylic acids is 1. The molecule has 0 saturated carbocycles. The molecule has 1 aliphatic heterocycles. The number of rotatable bonds is 6. The van der Waals surface area contributed by atoms with Crippen LogP contribution in [0.5, 0.6) is 5.75 Å². The van der Waals surface area contributed by atoms with Gasteiger partial charge in [-0.1, -0.05) is 18.2 Å². The molecule has 5 rings (SSSR count). The summed E-state index contributed by atoms with van der Waals surface area (Å²) in [6, 6.07) is 20.0. The zero-order valence-corrected chi connectivity index (χ0v) is 19.7. The van der Waals surface area contributed by atoms with E-state index in [1.54, 1.807) is 0 Å². The standard InChI is InChI=1S/C28H28N4O2/c1-18-5-4-12-29-27(18)23-10-11-26-24(14-23)15-25(34-26)16-30-28(33)22-8-6-21(7-9-22)17-32-20(3)13-19(2)31-32/h4-14,25H,15-17H2,1-3H3,(H,30,33)/t25-/m1/s1. The first kappa shape index (κ1) is 21.9. The number of amides is 1. The molecule has 0 bridgehead atoms. The highest BCUT2D eigenvalue weighted by Gasteiger charge is 2.24. The Balaban J connectivity index is 1.18. The Bertz CT molecular complexity index is 1340. The molecule has 3 heterocycles. The molecule has 6 heteroatoms. The average Bonchev–Trinajstić information content (AvgIpc) is 3.39. The molecule has 0 radical (unpaired) electrons. The van der Waals surface area contributed by atoms with Gasteiger partial charge >= 0.3 is 0 Å². The summed E-state index contributed by atoms with van der Waals surface area (Å²) in [6.45, 7) is 7.25. The fourth-order valence-electron chi connectivity index (χ4n) is 4.45. The summed E-state index contributed by atoms with van der Waals surface area (Å²) in [7, 11) is 0. The van der Waals surface area contributed by atoms with Crippen LogP contribution in [0.4, 0.5) is 0 Å². The molecule has 0 unspecified atom stereocenters. The second-order valence-corrected chi connectivity index (χ2v) is 8.93. The van der Waals surface area contributed by atoms with Crippen LogP contribution in [0.1, 0.15) is 38.4 Å². The summed E-state index contributed by atoms with van der Waals surface area (Å²) in [5, 5.41) is 7.52. The van der Waals surface area contributed by atoms with E-state index in [2.05, 4.69) is 40.5 Å². The van der Waals surface area contributed by atoms with E-state index in [1.807, 2.05) is 67.2 Å². The average molecular weight is 453 g/mol. The van der Waals surface area contributed by atoms with Crippen molar-refractivity contribution < 1.29 is 9.53 Å². The van der Waals surface area contributed by atoms with Gasteiger partial charge in [0.2, 0.25) is 0 Å². The Morgan fingerprint density at radius 2 is 1.91 bits per heavy atom. The minimum Gasteiger partial charge on any atom is -0.488 e. The number of fused-ring (bicyclic) bond motifs is 1. The van der Waals surface area contributed by atoms with Gasteiger partial charge in [-0.05, 0) is 79.9 Å². The van der Waals surface area contributed by atoms with E-state index in [4.69, 9.17) is 4.74 Å². The van der Waals surface area contributed by atoms with Gasteiger partial charge in [-0.15, -0.1) is 0 Å². The quantitative estimate of drug-likeness (QED) is 0.462.